The molecule has 0 N–H and O–H groups in total. The molecule has 0 aliphatic rings. The number of ether oxygens (including phenoxy) is 1. The Morgan fingerprint density at radius 1 is 1.28 bits per heavy atom. The second kappa shape index (κ2) is 5.06. The van der Waals surface area contributed by atoms with Gasteiger partial charge in [0.15, 0.2) is 0 Å². The molecule has 0 spiro atoms. The zero-order valence-electron chi connectivity index (χ0n) is 11.4. The van der Waals surface area contributed by atoms with Crippen molar-refractivity contribution in [3.63, 3.8) is 0 Å². The first-order valence-electron chi connectivity index (χ1n) is 6.11. The number of likely N-dealkylation sites (N-methyl/N-ethyl adjacent to an activating group) is 1. The van der Waals surface area contributed by atoms with Gasteiger partial charge in [-0.2, -0.15) is 0 Å². The van der Waals surface area contributed by atoms with E-state index in [0.29, 0.717) is 0 Å². The van der Waals surface area contributed by atoms with E-state index in [1.807, 2.05) is 32.4 Å². The summed E-state index contributed by atoms with van der Waals surface area (Å²) in [7, 11) is 12.1. The average Bonchev–Trinajstić information content (AvgIpc) is 2.79. The topological polar surface area (TPSA) is 17.4 Å². The molecule has 2 radical (unpaired) electrons. The van der Waals surface area contributed by atoms with Gasteiger partial charge in [-0.05, 0) is 45.3 Å². The molecule has 0 aliphatic carbocycles. The Hall–Kier alpha value is -1.42. The Labute approximate surface area is 110 Å². The highest BCUT2D eigenvalue weighted by molar-refractivity contribution is 6.11. The highest BCUT2D eigenvalue weighted by Crippen LogP contribution is 2.25. The molecule has 1 aromatic heterocycles. The number of hydrogen-bond acceptors (Lipinski definition) is 2. The number of benzene rings is 1. The van der Waals surface area contributed by atoms with Crippen LogP contribution in [0.5, 0.6) is 5.75 Å². The van der Waals surface area contributed by atoms with Gasteiger partial charge >= 0.3 is 0 Å². The lowest BCUT2D eigenvalue weighted by atomic mass is 9.89. The summed E-state index contributed by atoms with van der Waals surface area (Å²) >= 11 is 0. The van der Waals surface area contributed by atoms with E-state index < -0.39 is 0 Å². The van der Waals surface area contributed by atoms with E-state index in [1.165, 1.54) is 0 Å². The third kappa shape index (κ3) is 2.25. The van der Waals surface area contributed by atoms with Gasteiger partial charge in [0.1, 0.15) is 13.6 Å². The zero-order chi connectivity index (χ0) is 13.3. The summed E-state index contributed by atoms with van der Waals surface area (Å²) in [6.07, 6.45) is 2.04. The number of aromatic nitrogens is 1. The van der Waals surface area contributed by atoms with Crippen LogP contribution in [0.15, 0.2) is 30.5 Å². The van der Waals surface area contributed by atoms with Crippen LogP contribution >= 0.6 is 0 Å². The van der Waals surface area contributed by atoms with Gasteiger partial charge in [0.25, 0.3) is 0 Å². The number of rotatable bonds is 4. The van der Waals surface area contributed by atoms with Crippen molar-refractivity contribution in [1.82, 2.24) is 9.47 Å². The van der Waals surface area contributed by atoms with Crippen molar-refractivity contribution < 1.29 is 4.74 Å². The van der Waals surface area contributed by atoms with Crippen LogP contribution in [0.1, 0.15) is 12.9 Å². The van der Waals surface area contributed by atoms with Crippen molar-refractivity contribution in [2.24, 2.45) is 0 Å². The fourth-order valence-corrected chi connectivity index (χ4v) is 2.07. The summed E-state index contributed by atoms with van der Waals surface area (Å²) in [4.78, 5) is 2.13. The molecule has 0 bridgehead atoms. The fourth-order valence-electron chi connectivity index (χ4n) is 2.07. The Bertz CT molecular complexity index is 536. The van der Waals surface area contributed by atoms with Gasteiger partial charge in [0.2, 0.25) is 0 Å². The molecular formula is C14H19BN2O. The molecule has 0 amide bonds. The second-order valence-corrected chi connectivity index (χ2v) is 4.84. The van der Waals surface area contributed by atoms with E-state index in [9.17, 15) is 0 Å². The van der Waals surface area contributed by atoms with E-state index in [1.54, 1.807) is 7.11 Å². The molecule has 0 unspecified atom stereocenters. The van der Waals surface area contributed by atoms with Crippen LogP contribution in [-0.2, 0) is 0 Å². The SMILES string of the molecule is [B][C@@H]([C@H](C)N(C)C)n1ccc2cc(OC)ccc21. The van der Waals surface area contributed by atoms with Crippen LogP contribution in [0.4, 0.5) is 0 Å². The van der Waals surface area contributed by atoms with Crippen molar-refractivity contribution in [3.8, 4) is 5.75 Å². The maximum Gasteiger partial charge on any atom is 0.119 e. The monoisotopic (exact) mass is 242 g/mol. The lowest BCUT2D eigenvalue weighted by molar-refractivity contribution is 0.277. The molecule has 1 aromatic carbocycles. The Morgan fingerprint density at radius 2 is 2.00 bits per heavy atom. The number of fused-ring (bicyclic) bond motifs is 1. The first-order chi connectivity index (χ1) is 8.54. The smallest absolute Gasteiger partial charge is 0.119 e. The second-order valence-electron chi connectivity index (χ2n) is 4.84. The number of hydrogen-bond donors (Lipinski definition) is 0. The van der Waals surface area contributed by atoms with Gasteiger partial charge in [-0.3, -0.25) is 0 Å². The molecule has 2 rings (SSSR count). The maximum atomic E-state index is 6.31. The van der Waals surface area contributed by atoms with E-state index in [-0.39, 0.29) is 12.0 Å². The number of methoxy groups -OCH3 is 1. The van der Waals surface area contributed by atoms with Gasteiger partial charge in [-0.15, -0.1) is 0 Å². The summed E-state index contributed by atoms with van der Waals surface area (Å²) in [6.45, 7) is 2.13. The summed E-state index contributed by atoms with van der Waals surface area (Å²) in [6, 6.07) is 8.38. The van der Waals surface area contributed by atoms with Crippen LogP contribution in [0, 0.1) is 0 Å². The minimum atomic E-state index is -0.0640. The van der Waals surface area contributed by atoms with Crippen LogP contribution in [0.25, 0.3) is 10.9 Å². The normalized spacial score (nSPS) is 14.9. The van der Waals surface area contributed by atoms with E-state index in [2.05, 4.69) is 28.5 Å². The van der Waals surface area contributed by atoms with Crippen molar-refractivity contribution >= 4 is 18.7 Å². The maximum absolute atomic E-state index is 6.31. The van der Waals surface area contributed by atoms with Gasteiger partial charge in [0.05, 0.1) is 7.11 Å². The largest absolute Gasteiger partial charge is 0.497 e. The van der Waals surface area contributed by atoms with Crippen LogP contribution in [-0.4, -0.2) is 44.6 Å². The van der Waals surface area contributed by atoms with Gasteiger partial charge in [-0.1, -0.05) is 0 Å². The zero-order valence-corrected chi connectivity index (χ0v) is 11.4. The summed E-state index contributed by atoms with van der Waals surface area (Å²) < 4.78 is 7.34. The lowest BCUT2D eigenvalue weighted by Gasteiger charge is -2.28. The third-order valence-corrected chi connectivity index (χ3v) is 3.56. The third-order valence-electron chi connectivity index (χ3n) is 3.56. The molecule has 3 nitrogen and oxygen atoms in total. The Balaban J connectivity index is 2.40. The summed E-state index contributed by atoms with van der Waals surface area (Å²) in [5.41, 5.74) is 1.14. The molecule has 0 saturated carbocycles. The molecule has 94 valence electrons. The molecule has 0 fully saturated rings. The highest BCUT2D eigenvalue weighted by Gasteiger charge is 2.16. The van der Waals surface area contributed by atoms with E-state index in [4.69, 9.17) is 12.6 Å². The lowest BCUT2D eigenvalue weighted by Crippen LogP contribution is -2.34. The van der Waals surface area contributed by atoms with Crippen molar-refractivity contribution in [2.45, 2.75) is 18.9 Å². The van der Waals surface area contributed by atoms with Gasteiger partial charge in [-0.25, -0.2) is 0 Å². The minimum Gasteiger partial charge on any atom is -0.497 e. The minimum absolute atomic E-state index is 0.0640. The van der Waals surface area contributed by atoms with Crippen molar-refractivity contribution in [3.05, 3.63) is 30.5 Å². The molecule has 18 heavy (non-hydrogen) atoms. The van der Waals surface area contributed by atoms with Crippen molar-refractivity contribution in [1.29, 1.82) is 0 Å². The molecule has 1 heterocycles. The molecule has 2 atom stereocenters. The molecule has 4 heteroatoms. The van der Waals surface area contributed by atoms with Crippen molar-refractivity contribution in [2.75, 3.05) is 21.2 Å². The predicted molar refractivity (Wildman–Crippen MR) is 76.4 cm³/mol. The molecule has 0 saturated heterocycles. The number of nitrogens with zero attached hydrogens (tertiary/aromatic N) is 2. The predicted octanol–water partition coefficient (Wildman–Crippen LogP) is 2.27. The van der Waals surface area contributed by atoms with Crippen LogP contribution < -0.4 is 4.74 Å². The average molecular weight is 242 g/mol. The first-order valence-corrected chi connectivity index (χ1v) is 6.11. The van der Waals surface area contributed by atoms with E-state index >= 15 is 0 Å². The summed E-state index contributed by atoms with van der Waals surface area (Å²) in [5, 5.41) is 1.15. The molecular weight excluding hydrogens is 223 g/mol. The van der Waals surface area contributed by atoms with Gasteiger partial charge < -0.3 is 14.2 Å². The van der Waals surface area contributed by atoms with E-state index in [0.717, 1.165) is 16.7 Å². The summed E-state index contributed by atoms with van der Waals surface area (Å²) in [5.74, 6) is 0.806. The Kier molecular flexibility index (Phi) is 3.67. The quantitative estimate of drug-likeness (QED) is 0.765. The molecule has 0 aliphatic heterocycles. The first kappa shape index (κ1) is 13.0. The standard InChI is InChI=1S/C14H19BN2O/c1-10(16(2)3)14(15)17-8-7-11-9-12(18-4)5-6-13(11)17/h5-10,14H,1-4H3/t10-,14+/m0/s1. The van der Waals surface area contributed by atoms with Gasteiger partial charge in [0, 0.05) is 29.1 Å². The fraction of sp³-hybridized carbons (Fsp3) is 0.429. The van der Waals surface area contributed by atoms with Crippen LogP contribution in [0.3, 0.4) is 0 Å². The van der Waals surface area contributed by atoms with Crippen LogP contribution in [0.2, 0.25) is 0 Å². The highest BCUT2D eigenvalue weighted by atomic mass is 16.5. The Morgan fingerprint density at radius 3 is 2.61 bits per heavy atom. The molecule has 2 aromatic rings.